The maximum absolute atomic E-state index is 12.0. The van der Waals surface area contributed by atoms with Gasteiger partial charge in [-0.1, -0.05) is 0 Å². The Morgan fingerprint density at radius 2 is 2.15 bits per heavy atom. The summed E-state index contributed by atoms with van der Waals surface area (Å²) in [7, 11) is 0. The lowest BCUT2D eigenvalue weighted by Crippen LogP contribution is -2.42. The van der Waals surface area contributed by atoms with Crippen molar-refractivity contribution in [2.45, 2.75) is 17.6 Å². The van der Waals surface area contributed by atoms with Gasteiger partial charge in [-0.2, -0.15) is 5.26 Å². The average Bonchev–Trinajstić information content (AvgIpc) is 2.20. The molecule has 1 saturated heterocycles. The molecule has 0 unspecified atom stereocenters. The molecule has 13 heavy (non-hydrogen) atoms. The van der Waals surface area contributed by atoms with Gasteiger partial charge in [0.1, 0.15) is 11.4 Å². The third-order valence-electron chi connectivity index (χ3n) is 2.66. The highest BCUT2D eigenvalue weighted by Crippen LogP contribution is 2.33. The number of halogens is 1. The van der Waals surface area contributed by atoms with Crippen molar-refractivity contribution in [1.82, 2.24) is 4.90 Å². The second kappa shape index (κ2) is 4.83. The molecule has 4 heteroatoms. The smallest absolute Gasteiger partial charge is 0.104 e. The SMILES string of the molecule is CSC1(C#N)CCN(CCF)CC1. The number of nitrogens with zero attached hydrogens (tertiary/aromatic N) is 2. The van der Waals surface area contributed by atoms with Gasteiger partial charge in [0.2, 0.25) is 0 Å². The van der Waals surface area contributed by atoms with E-state index >= 15 is 0 Å². The van der Waals surface area contributed by atoms with Crippen LogP contribution in [0.1, 0.15) is 12.8 Å². The van der Waals surface area contributed by atoms with E-state index in [2.05, 4.69) is 11.0 Å². The summed E-state index contributed by atoms with van der Waals surface area (Å²) in [4.78, 5) is 2.09. The largest absolute Gasteiger partial charge is 0.301 e. The molecule has 2 nitrogen and oxygen atoms in total. The fraction of sp³-hybridized carbons (Fsp3) is 0.889. The van der Waals surface area contributed by atoms with Crippen LogP contribution in [-0.4, -0.2) is 42.2 Å². The third-order valence-corrected chi connectivity index (χ3v) is 3.94. The summed E-state index contributed by atoms with van der Waals surface area (Å²) in [6.07, 6.45) is 3.71. The van der Waals surface area contributed by atoms with Crippen molar-refractivity contribution in [2.75, 3.05) is 32.6 Å². The molecule has 74 valence electrons. The lowest BCUT2D eigenvalue weighted by Gasteiger charge is -2.35. The van der Waals surface area contributed by atoms with Crippen LogP contribution >= 0.6 is 11.8 Å². The predicted molar refractivity (Wildman–Crippen MR) is 53.5 cm³/mol. The van der Waals surface area contributed by atoms with E-state index in [9.17, 15) is 4.39 Å². The molecule has 0 saturated carbocycles. The van der Waals surface area contributed by atoms with E-state index in [1.54, 1.807) is 11.8 Å². The molecule has 0 N–H and O–H groups in total. The molecule has 1 aliphatic heterocycles. The monoisotopic (exact) mass is 202 g/mol. The summed E-state index contributed by atoms with van der Waals surface area (Å²) in [6.45, 7) is 1.96. The van der Waals surface area contributed by atoms with Crippen LogP contribution in [0.3, 0.4) is 0 Å². The van der Waals surface area contributed by atoms with Gasteiger partial charge in [-0.25, -0.2) is 4.39 Å². The lowest BCUT2D eigenvalue weighted by molar-refractivity contribution is 0.201. The van der Waals surface area contributed by atoms with Gasteiger partial charge in [-0.3, -0.25) is 0 Å². The Hall–Kier alpha value is -0.270. The number of rotatable bonds is 3. The Balaban J connectivity index is 2.42. The molecule has 0 atom stereocenters. The summed E-state index contributed by atoms with van der Waals surface area (Å²) < 4.78 is 11.8. The average molecular weight is 202 g/mol. The van der Waals surface area contributed by atoms with E-state index in [1.165, 1.54) is 0 Å². The molecule has 0 aromatic heterocycles. The van der Waals surface area contributed by atoms with E-state index < -0.39 is 0 Å². The van der Waals surface area contributed by atoms with Gasteiger partial charge in [-0.05, 0) is 19.1 Å². The van der Waals surface area contributed by atoms with Crippen LogP contribution in [-0.2, 0) is 0 Å². The van der Waals surface area contributed by atoms with Crippen molar-refractivity contribution >= 4 is 11.8 Å². The Labute approximate surface area is 83.1 Å². The van der Waals surface area contributed by atoms with Gasteiger partial charge in [0.05, 0.1) is 6.07 Å². The molecular formula is C9H15FN2S. The highest BCUT2D eigenvalue weighted by Gasteiger charge is 2.33. The first-order valence-corrected chi connectivity index (χ1v) is 5.73. The van der Waals surface area contributed by atoms with Crippen LogP contribution in [0.4, 0.5) is 4.39 Å². The Bertz CT molecular complexity index is 194. The van der Waals surface area contributed by atoms with Crippen LogP contribution in [0.25, 0.3) is 0 Å². The van der Waals surface area contributed by atoms with Gasteiger partial charge < -0.3 is 4.90 Å². The summed E-state index contributed by atoms with van der Waals surface area (Å²) in [5, 5.41) is 8.99. The van der Waals surface area contributed by atoms with Crippen molar-refractivity contribution in [2.24, 2.45) is 0 Å². The fourth-order valence-electron chi connectivity index (χ4n) is 1.62. The van der Waals surface area contributed by atoms with E-state index in [0.29, 0.717) is 6.54 Å². The second-order valence-corrected chi connectivity index (χ2v) is 4.53. The molecule has 0 aliphatic carbocycles. The number of hydrogen-bond acceptors (Lipinski definition) is 3. The number of hydrogen-bond donors (Lipinski definition) is 0. The molecule has 1 aliphatic rings. The fourth-order valence-corrected chi connectivity index (χ4v) is 2.30. The second-order valence-electron chi connectivity index (χ2n) is 3.34. The Morgan fingerprint density at radius 1 is 1.54 bits per heavy atom. The zero-order chi connectivity index (χ0) is 9.73. The van der Waals surface area contributed by atoms with Gasteiger partial charge in [0.25, 0.3) is 0 Å². The quantitative estimate of drug-likeness (QED) is 0.696. The number of piperidine rings is 1. The van der Waals surface area contributed by atoms with E-state index in [0.717, 1.165) is 25.9 Å². The van der Waals surface area contributed by atoms with Gasteiger partial charge in [0, 0.05) is 19.6 Å². The standard InChI is InChI=1S/C9H15FN2S/c1-13-9(8-11)2-5-12(6-3-9)7-4-10/h2-7H2,1H3. The van der Waals surface area contributed by atoms with E-state index in [-0.39, 0.29) is 11.4 Å². The number of likely N-dealkylation sites (tertiary alicyclic amines) is 1. The van der Waals surface area contributed by atoms with Gasteiger partial charge in [0.15, 0.2) is 0 Å². The van der Waals surface area contributed by atoms with E-state index in [1.807, 2.05) is 6.26 Å². The minimum absolute atomic E-state index is 0.202. The third kappa shape index (κ3) is 2.58. The molecule has 1 fully saturated rings. The van der Waals surface area contributed by atoms with Crippen LogP contribution < -0.4 is 0 Å². The molecular weight excluding hydrogens is 187 g/mol. The minimum atomic E-state index is -0.279. The summed E-state index contributed by atoms with van der Waals surface area (Å²) in [6, 6.07) is 2.37. The van der Waals surface area contributed by atoms with Crippen LogP contribution in [0.2, 0.25) is 0 Å². The maximum atomic E-state index is 12.0. The topological polar surface area (TPSA) is 27.0 Å². The summed E-state index contributed by atoms with van der Waals surface area (Å²) >= 11 is 1.63. The zero-order valence-corrected chi connectivity index (χ0v) is 8.74. The number of thioether (sulfide) groups is 1. The number of alkyl halides is 1. The first-order valence-electron chi connectivity index (χ1n) is 4.51. The van der Waals surface area contributed by atoms with Crippen molar-refractivity contribution < 1.29 is 4.39 Å². The van der Waals surface area contributed by atoms with Crippen LogP contribution in [0, 0.1) is 11.3 Å². The van der Waals surface area contributed by atoms with Crippen molar-refractivity contribution in [3.63, 3.8) is 0 Å². The molecule has 0 spiro atoms. The summed E-state index contributed by atoms with van der Waals surface area (Å²) in [5.74, 6) is 0. The molecule has 0 aromatic carbocycles. The molecule has 1 rings (SSSR count). The first kappa shape index (κ1) is 10.8. The van der Waals surface area contributed by atoms with Crippen molar-refractivity contribution in [3.8, 4) is 6.07 Å². The van der Waals surface area contributed by atoms with E-state index in [4.69, 9.17) is 5.26 Å². The minimum Gasteiger partial charge on any atom is -0.301 e. The Morgan fingerprint density at radius 3 is 2.54 bits per heavy atom. The molecule has 0 aromatic rings. The van der Waals surface area contributed by atoms with Gasteiger partial charge in [-0.15, -0.1) is 11.8 Å². The van der Waals surface area contributed by atoms with Crippen molar-refractivity contribution in [3.05, 3.63) is 0 Å². The maximum Gasteiger partial charge on any atom is 0.104 e. The molecule has 0 bridgehead atoms. The molecule has 0 radical (unpaired) electrons. The first-order chi connectivity index (χ1) is 6.26. The van der Waals surface area contributed by atoms with Gasteiger partial charge >= 0.3 is 0 Å². The Kier molecular flexibility index (Phi) is 4.01. The molecule has 1 heterocycles. The molecule has 0 amide bonds. The van der Waals surface area contributed by atoms with Crippen LogP contribution in [0.15, 0.2) is 0 Å². The summed E-state index contributed by atoms with van der Waals surface area (Å²) in [5.41, 5.74) is 0. The predicted octanol–water partition coefficient (Wildman–Crippen LogP) is 1.68. The normalized spacial score (nSPS) is 22.5. The highest BCUT2D eigenvalue weighted by molar-refractivity contribution is 8.00. The lowest BCUT2D eigenvalue weighted by atomic mass is 9.97. The van der Waals surface area contributed by atoms with Crippen LogP contribution in [0.5, 0.6) is 0 Å². The zero-order valence-electron chi connectivity index (χ0n) is 7.92. The van der Waals surface area contributed by atoms with Crippen molar-refractivity contribution in [1.29, 1.82) is 5.26 Å². The number of nitriles is 1. The highest BCUT2D eigenvalue weighted by atomic mass is 32.2.